The Balaban J connectivity index is 1.34. The normalized spacial score (nSPS) is 13.4. The summed E-state index contributed by atoms with van der Waals surface area (Å²) in [5, 5.41) is 10.8. The van der Waals surface area contributed by atoms with E-state index in [0.29, 0.717) is 19.5 Å². The molecule has 2 heterocycles. The lowest BCUT2D eigenvalue weighted by Gasteiger charge is -2.27. The van der Waals surface area contributed by atoms with E-state index in [0.717, 1.165) is 39.7 Å². The van der Waals surface area contributed by atoms with Gasteiger partial charge in [-0.1, -0.05) is 54.6 Å². The van der Waals surface area contributed by atoms with E-state index < -0.39 is 0 Å². The van der Waals surface area contributed by atoms with E-state index in [1.54, 1.807) is 12.1 Å². The van der Waals surface area contributed by atoms with Crippen LogP contribution in [0.5, 0.6) is 5.75 Å². The van der Waals surface area contributed by atoms with Crippen molar-refractivity contribution in [2.75, 3.05) is 6.54 Å². The number of H-pyrrole nitrogens is 1. The number of aromatic nitrogens is 1. The van der Waals surface area contributed by atoms with Gasteiger partial charge in [0.05, 0.1) is 13.0 Å². The standard InChI is InChI=1S/C25H22N2O2/c28-20-9-10-23-22(15-20)21-11-12-27(16-24(21)26-23)25(29)14-17-5-4-8-19(13-17)18-6-2-1-3-7-18/h1-10,13,15,26,28H,11-12,14,16H2. The SMILES string of the molecule is O=C(Cc1cccc(-c2ccccc2)c1)N1CCc2c([nH]c3ccc(O)cc23)C1. The van der Waals surface area contributed by atoms with Crippen LogP contribution in [-0.2, 0) is 24.2 Å². The third kappa shape index (κ3) is 3.38. The second kappa shape index (κ2) is 7.13. The summed E-state index contributed by atoms with van der Waals surface area (Å²) in [5.74, 6) is 0.415. The highest BCUT2D eigenvalue weighted by molar-refractivity contribution is 5.87. The minimum absolute atomic E-state index is 0.141. The molecule has 0 radical (unpaired) electrons. The molecule has 0 fully saturated rings. The van der Waals surface area contributed by atoms with Crippen molar-refractivity contribution in [1.82, 2.24) is 9.88 Å². The number of phenolic OH excluding ortho intramolecular Hbond substituents is 1. The molecule has 1 aliphatic rings. The number of benzene rings is 3. The first-order chi connectivity index (χ1) is 14.2. The Morgan fingerprint density at radius 2 is 1.79 bits per heavy atom. The zero-order chi connectivity index (χ0) is 19.8. The van der Waals surface area contributed by atoms with Crippen LogP contribution in [0.3, 0.4) is 0 Å². The molecule has 4 nitrogen and oxygen atoms in total. The topological polar surface area (TPSA) is 56.3 Å². The number of hydrogen-bond donors (Lipinski definition) is 2. The minimum Gasteiger partial charge on any atom is -0.508 e. The van der Waals surface area contributed by atoms with Gasteiger partial charge in [-0.05, 0) is 46.9 Å². The summed E-state index contributed by atoms with van der Waals surface area (Å²) >= 11 is 0. The summed E-state index contributed by atoms with van der Waals surface area (Å²) in [6.45, 7) is 1.29. The van der Waals surface area contributed by atoms with Gasteiger partial charge in [0.1, 0.15) is 5.75 Å². The number of carbonyl (C=O) groups is 1. The van der Waals surface area contributed by atoms with Gasteiger partial charge in [-0.3, -0.25) is 4.79 Å². The maximum atomic E-state index is 13.0. The number of phenols is 1. The fourth-order valence-electron chi connectivity index (χ4n) is 4.22. The minimum atomic E-state index is 0.141. The number of rotatable bonds is 3. The predicted octanol–water partition coefficient (Wildman–Crippen LogP) is 4.67. The third-order valence-corrected chi connectivity index (χ3v) is 5.70. The van der Waals surface area contributed by atoms with Crippen molar-refractivity contribution in [3.63, 3.8) is 0 Å². The van der Waals surface area contributed by atoms with Crippen molar-refractivity contribution < 1.29 is 9.90 Å². The lowest BCUT2D eigenvalue weighted by atomic mass is 10.0. The maximum absolute atomic E-state index is 13.0. The molecule has 0 saturated carbocycles. The van der Waals surface area contributed by atoms with Crippen molar-refractivity contribution in [2.45, 2.75) is 19.4 Å². The molecule has 0 atom stereocenters. The van der Waals surface area contributed by atoms with Crippen LogP contribution < -0.4 is 0 Å². The van der Waals surface area contributed by atoms with Gasteiger partial charge >= 0.3 is 0 Å². The van der Waals surface area contributed by atoms with Crippen molar-refractivity contribution in [2.24, 2.45) is 0 Å². The molecule has 0 unspecified atom stereocenters. The second-order valence-corrected chi connectivity index (χ2v) is 7.62. The van der Waals surface area contributed by atoms with E-state index in [2.05, 4.69) is 29.2 Å². The first-order valence-corrected chi connectivity index (χ1v) is 9.92. The first kappa shape index (κ1) is 17.6. The van der Waals surface area contributed by atoms with Crippen LogP contribution in [0.2, 0.25) is 0 Å². The maximum Gasteiger partial charge on any atom is 0.227 e. The Morgan fingerprint density at radius 3 is 2.66 bits per heavy atom. The number of carbonyl (C=O) groups excluding carboxylic acids is 1. The van der Waals surface area contributed by atoms with Crippen LogP contribution in [0, 0.1) is 0 Å². The van der Waals surface area contributed by atoms with E-state index >= 15 is 0 Å². The van der Waals surface area contributed by atoms with Crippen LogP contribution >= 0.6 is 0 Å². The van der Waals surface area contributed by atoms with Gasteiger partial charge in [-0.25, -0.2) is 0 Å². The largest absolute Gasteiger partial charge is 0.508 e. The lowest BCUT2D eigenvalue weighted by molar-refractivity contribution is -0.131. The van der Waals surface area contributed by atoms with Gasteiger partial charge < -0.3 is 15.0 Å². The highest BCUT2D eigenvalue weighted by Gasteiger charge is 2.24. The molecular formula is C25H22N2O2. The van der Waals surface area contributed by atoms with Gasteiger partial charge in [0, 0.05) is 23.1 Å². The van der Waals surface area contributed by atoms with E-state index in [1.807, 2.05) is 41.3 Å². The molecule has 0 spiro atoms. The summed E-state index contributed by atoms with van der Waals surface area (Å²) in [7, 11) is 0. The average molecular weight is 382 g/mol. The summed E-state index contributed by atoms with van der Waals surface area (Å²) in [5.41, 5.74) is 6.62. The van der Waals surface area contributed by atoms with Crippen LogP contribution in [0.1, 0.15) is 16.8 Å². The quantitative estimate of drug-likeness (QED) is 0.541. The van der Waals surface area contributed by atoms with Crippen molar-refractivity contribution in [3.8, 4) is 16.9 Å². The van der Waals surface area contributed by atoms with E-state index in [4.69, 9.17) is 0 Å². The Hall–Kier alpha value is -3.53. The van der Waals surface area contributed by atoms with Crippen LogP contribution in [0.15, 0.2) is 72.8 Å². The molecule has 2 N–H and O–H groups in total. The molecular weight excluding hydrogens is 360 g/mol. The van der Waals surface area contributed by atoms with Crippen LogP contribution in [0.4, 0.5) is 0 Å². The fraction of sp³-hybridized carbons (Fsp3) is 0.160. The van der Waals surface area contributed by atoms with Crippen LogP contribution in [0.25, 0.3) is 22.0 Å². The number of hydrogen-bond acceptors (Lipinski definition) is 2. The molecule has 1 aliphatic heterocycles. The average Bonchev–Trinajstić information content (AvgIpc) is 3.11. The molecule has 1 aromatic heterocycles. The molecule has 0 saturated heterocycles. The molecule has 4 aromatic rings. The summed E-state index contributed by atoms with van der Waals surface area (Å²) in [6.07, 6.45) is 1.20. The number of amides is 1. The zero-order valence-electron chi connectivity index (χ0n) is 16.1. The van der Waals surface area contributed by atoms with Crippen LogP contribution in [-0.4, -0.2) is 27.4 Å². The third-order valence-electron chi connectivity index (χ3n) is 5.70. The smallest absolute Gasteiger partial charge is 0.227 e. The Kier molecular flexibility index (Phi) is 4.32. The molecule has 4 heteroatoms. The van der Waals surface area contributed by atoms with Gasteiger partial charge in [0.25, 0.3) is 0 Å². The number of nitrogens with zero attached hydrogens (tertiary/aromatic N) is 1. The summed E-state index contributed by atoms with van der Waals surface area (Å²) in [4.78, 5) is 18.3. The number of nitrogens with one attached hydrogen (secondary N) is 1. The molecule has 0 aliphatic carbocycles. The van der Waals surface area contributed by atoms with E-state index in [1.165, 1.54) is 5.56 Å². The molecule has 29 heavy (non-hydrogen) atoms. The van der Waals surface area contributed by atoms with Crippen molar-refractivity contribution >= 4 is 16.8 Å². The van der Waals surface area contributed by atoms with E-state index in [9.17, 15) is 9.90 Å². The summed E-state index contributed by atoms with van der Waals surface area (Å²) < 4.78 is 0. The van der Waals surface area contributed by atoms with Crippen molar-refractivity contribution in [1.29, 1.82) is 0 Å². The second-order valence-electron chi connectivity index (χ2n) is 7.62. The molecule has 0 bridgehead atoms. The zero-order valence-corrected chi connectivity index (χ0v) is 16.1. The van der Waals surface area contributed by atoms with Gasteiger partial charge in [-0.2, -0.15) is 0 Å². The predicted molar refractivity (Wildman–Crippen MR) is 115 cm³/mol. The first-order valence-electron chi connectivity index (χ1n) is 9.92. The van der Waals surface area contributed by atoms with Crippen molar-refractivity contribution in [3.05, 3.63) is 89.6 Å². The fourth-order valence-corrected chi connectivity index (χ4v) is 4.22. The Morgan fingerprint density at radius 1 is 0.966 bits per heavy atom. The number of aromatic amines is 1. The Labute approximate surface area is 169 Å². The number of aromatic hydroxyl groups is 1. The molecule has 144 valence electrons. The molecule has 3 aromatic carbocycles. The van der Waals surface area contributed by atoms with Gasteiger partial charge in [0.2, 0.25) is 5.91 Å². The monoisotopic (exact) mass is 382 g/mol. The highest BCUT2D eigenvalue weighted by atomic mass is 16.3. The Bertz CT molecular complexity index is 1190. The van der Waals surface area contributed by atoms with Gasteiger partial charge in [-0.15, -0.1) is 0 Å². The molecule has 5 rings (SSSR count). The lowest BCUT2D eigenvalue weighted by Crippen LogP contribution is -2.36. The molecule has 1 amide bonds. The van der Waals surface area contributed by atoms with E-state index in [-0.39, 0.29) is 11.7 Å². The highest BCUT2D eigenvalue weighted by Crippen LogP contribution is 2.30. The summed E-state index contributed by atoms with van der Waals surface area (Å²) in [6, 6.07) is 23.8. The van der Waals surface area contributed by atoms with Gasteiger partial charge in [0.15, 0.2) is 0 Å². The number of fused-ring (bicyclic) bond motifs is 3.